The van der Waals surface area contributed by atoms with E-state index in [1.54, 1.807) is 0 Å². The van der Waals surface area contributed by atoms with Crippen molar-refractivity contribution in [2.24, 2.45) is 0 Å². The molecule has 17 heavy (non-hydrogen) atoms. The van der Waals surface area contributed by atoms with Crippen LogP contribution in [0.3, 0.4) is 0 Å². The van der Waals surface area contributed by atoms with Gasteiger partial charge in [-0.2, -0.15) is 0 Å². The summed E-state index contributed by atoms with van der Waals surface area (Å²) >= 11 is 0. The van der Waals surface area contributed by atoms with Crippen LogP contribution in [0.25, 0.3) is 0 Å². The first-order chi connectivity index (χ1) is 8.02. The molecule has 96 valence electrons. The van der Waals surface area contributed by atoms with Gasteiger partial charge in [0, 0.05) is 6.04 Å². The normalized spacial score (nSPS) is 13.1. The SMILES string of the molecule is CNC(CCN(C)C)Cc1cc(C)ccc1C. The average molecular weight is 234 g/mol. The summed E-state index contributed by atoms with van der Waals surface area (Å²) in [5.41, 5.74) is 4.23. The number of hydrogen-bond acceptors (Lipinski definition) is 2. The zero-order valence-corrected chi connectivity index (χ0v) is 11.9. The van der Waals surface area contributed by atoms with Crippen LogP contribution in [0.2, 0.25) is 0 Å². The fourth-order valence-electron chi connectivity index (χ4n) is 2.05. The highest BCUT2D eigenvalue weighted by Crippen LogP contribution is 2.14. The Morgan fingerprint density at radius 3 is 2.53 bits per heavy atom. The van der Waals surface area contributed by atoms with E-state index >= 15 is 0 Å². The van der Waals surface area contributed by atoms with Crippen LogP contribution in [0, 0.1) is 13.8 Å². The van der Waals surface area contributed by atoms with Crippen LogP contribution >= 0.6 is 0 Å². The number of nitrogens with zero attached hydrogens (tertiary/aromatic N) is 1. The van der Waals surface area contributed by atoms with Crippen LogP contribution in [-0.4, -0.2) is 38.6 Å². The summed E-state index contributed by atoms with van der Waals surface area (Å²) in [5.74, 6) is 0. The van der Waals surface area contributed by atoms with E-state index in [1.807, 2.05) is 0 Å². The summed E-state index contributed by atoms with van der Waals surface area (Å²) in [6.45, 7) is 5.50. The van der Waals surface area contributed by atoms with E-state index in [2.05, 4.69) is 63.4 Å². The number of benzene rings is 1. The summed E-state index contributed by atoms with van der Waals surface area (Å²) in [4.78, 5) is 2.24. The molecule has 0 aliphatic rings. The highest BCUT2D eigenvalue weighted by Gasteiger charge is 2.09. The van der Waals surface area contributed by atoms with Gasteiger partial charge in [-0.1, -0.05) is 23.8 Å². The van der Waals surface area contributed by atoms with Gasteiger partial charge < -0.3 is 10.2 Å². The van der Waals surface area contributed by atoms with Crippen LogP contribution < -0.4 is 5.32 Å². The minimum atomic E-state index is 0.567. The Morgan fingerprint density at radius 1 is 1.24 bits per heavy atom. The van der Waals surface area contributed by atoms with E-state index in [-0.39, 0.29) is 0 Å². The Balaban J connectivity index is 2.63. The summed E-state index contributed by atoms with van der Waals surface area (Å²) in [6.07, 6.45) is 2.31. The maximum absolute atomic E-state index is 3.43. The van der Waals surface area contributed by atoms with Crippen molar-refractivity contribution < 1.29 is 0 Å². The van der Waals surface area contributed by atoms with Crippen molar-refractivity contribution in [3.63, 3.8) is 0 Å². The number of aryl methyl sites for hydroxylation is 2. The van der Waals surface area contributed by atoms with Gasteiger partial charge in [-0.15, -0.1) is 0 Å². The molecule has 0 fully saturated rings. The van der Waals surface area contributed by atoms with Gasteiger partial charge in [-0.05, 0) is 65.5 Å². The quantitative estimate of drug-likeness (QED) is 0.813. The number of rotatable bonds is 6. The third kappa shape index (κ3) is 4.88. The molecule has 1 rings (SSSR count). The molecule has 0 bridgehead atoms. The van der Waals surface area contributed by atoms with Crippen molar-refractivity contribution in [1.82, 2.24) is 10.2 Å². The summed E-state index contributed by atoms with van der Waals surface area (Å²) in [5, 5.41) is 3.43. The van der Waals surface area contributed by atoms with Gasteiger partial charge in [0.1, 0.15) is 0 Å². The predicted octanol–water partition coefficient (Wildman–Crippen LogP) is 2.39. The third-order valence-corrected chi connectivity index (χ3v) is 3.30. The Morgan fingerprint density at radius 2 is 1.94 bits per heavy atom. The molecule has 0 aromatic heterocycles. The van der Waals surface area contributed by atoms with Crippen LogP contribution in [-0.2, 0) is 6.42 Å². The summed E-state index contributed by atoms with van der Waals surface area (Å²) < 4.78 is 0. The first kappa shape index (κ1) is 14.2. The molecule has 1 N–H and O–H groups in total. The molecule has 0 radical (unpaired) electrons. The minimum Gasteiger partial charge on any atom is -0.317 e. The van der Waals surface area contributed by atoms with E-state index < -0.39 is 0 Å². The van der Waals surface area contributed by atoms with Gasteiger partial charge in [0.25, 0.3) is 0 Å². The number of hydrogen-bond donors (Lipinski definition) is 1. The van der Waals surface area contributed by atoms with Crippen molar-refractivity contribution in [2.45, 2.75) is 32.7 Å². The van der Waals surface area contributed by atoms with Crippen LogP contribution in [0.5, 0.6) is 0 Å². The molecule has 1 atom stereocenters. The van der Waals surface area contributed by atoms with E-state index in [9.17, 15) is 0 Å². The predicted molar refractivity (Wildman–Crippen MR) is 75.6 cm³/mol. The smallest absolute Gasteiger partial charge is 0.0117 e. The molecule has 0 aliphatic heterocycles. The zero-order chi connectivity index (χ0) is 12.8. The van der Waals surface area contributed by atoms with E-state index in [0.29, 0.717) is 6.04 Å². The molecule has 1 aromatic carbocycles. The Bertz CT molecular complexity index is 345. The highest BCUT2D eigenvalue weighted by atomic mass is 15.1. The van der Waals surface area contributed by atoms with Gasteiger partial charge >= 0.3 is 0 Å². The topological polar surface area (TPSA) is 15.3 Å². The van der Waals surface area contributed by atoms with Crippen molar-refractivity contribution in [2.75, 3.05) is 27.7 Å². The third-order valence-electron chi connectivity index (χ3n) is 3.30. The molecule has 0 aliphatic carbocycles. The molecule has 0 spiro atoms. The van der Waals surface area contributed by atoms with Crippen molar-refractivity contribution >= 4 is 0 Å². The molecule has 0 saturated carbocycles. The zero-order valence-electron chi connectivity index (χ0n) is 11.9. The maximum atomic E-state index is 3.43. The fraction of sp³-hybridized carbons (Fsp3) is 0.600. The molecule has 2 nitrogen and oxygen atoms in total. The average Bonchev–Trinajstić information content (AvgIpc) is 2.28. The summed E-state index contributed by atoms with van der Waals surface area (Å²) in [6, 6.07) is 7.30. The van der Waals surface area contributed by atoms with E-state index in [4.69, 9.17) is 0 Å². The first-order valence-electron chi connectivity index (χ1n) is 6.41. The fourth-order valence-corrected chi connectivity index (χ4v) is 2.05. The maximum Gasteiger partial charge on any atom is 0.0117 e. The number of nitrogens with one attached hydrogen (secondary N) is 1. The lowest BCUT2D eigenvalue weighted by Gasteiger charge is -2.20. The lowest BCUT2D eigenvalue weighted by Crippen LogP contribution is -2.31. The molecular formula is C15H26N2. The first-order valence-corrected chi connectivity index (χ1v) is 6.41. The van der Waals surface area contributed by atoms with Crippen LogP contribution in [0.1, 0.15) is 23.1 Å². The van der Waals surface area contributed by atoms with Crippen molar-refractivity contribution in [3.05, 3.63) is 34.9 Å². The Labute approximate surface area is 106 Å². The van der Waals surface area contributed by atoms with Crippen molar-refractivity contribution in [1.29, 1.82) is 0 Å². The van der Waals surface area contributed by atoms with Crippen molar-refractivity contribution in [3.8, 4) is 0 Å². The molecular weight excluding hydrogens is 208 g/mol. The second kappa shape index (κ2) is 6.77. The van der Waals surface area contributed by atoms with Gasteiger partial charge in [0.05, 0.1) is 0 Å². The Hall–Kier alpha value is -0.860. The lowest BCUT2D eigenvalue weighted by molar-refractivity contribution is 0.364. The molecule has 0 heterocycles. The second-order valence-electron chi connectivity index (χ2n) is 5.21. The van der Waals surface area contributed by atoms with Gasteiger partial charge in [0.2, 0.25) is 0 Å². The molecule has 0 saturated heterocycles. The largest absolute Gasteiger partial charge is 0.317 e. The summed E-state index contributed by atoms with van der Waals surface area (Å²) in [7, 11) is 6.32. The molecule has 2 heteroatoms. The van der Waals surface area contributed by atoms with Crippen LogP contribution in [0.15, 0.2) is 18.2 Å². The highest BCUT2D eigenvalue weighted by molar-refractivity contribution is 5.31. The molecule has 1 aromatic rings. The number of likely N-dealkylation sites (N-methyl/N-ethyl adjacent to an activating group) is 1. The second-order valence-corrected chi connectivity index (χ2v) is 5.21. The van der Waals surface area contributed by atoms with E-state index in [0.717, 1.165) is 13.0 Å². The van der Waals surface area contributed by atoms with Crippen LogP contribution in [0.4, 0.5) is 0 Å². The minimum absolute atomic E-state index is 0.567. The monoisotopic (exact) mass is 234 g/mol. The van der Waals surface area contributed by atoms with Gasteiger partial charge in [-0.25, -0.2) is 0 Å². The molecule has 1 unspecified atom stereocenters. The standard InChI is InChI=1S/C15H26N2/c1-12-6-7-13(2)14(10-12)11-15(16-3)8-9-17(4)5/h6-7,10,15-16H,8-9,11H2,1-5H3. The molecule has 0 amide bonds. The Kier molecular flexibility index (Phi) is 5.66. The van der Waals surface area contributed by atoms with Gasteiger partial charge in [0.15, 0.2) is 0 Å². The van der Waals surface area contributed by atoms with E-state index in [1.165, 1.54) is 23.1 Å². The lowest BCUT2D eigenvalue weighted by atomic mass is 9.97. The van der Waals surface area contributed by atoms with Gasteiger partial charge in [-0.3, -0.25) is 0 Å².